The fraction of sp³-hybridized carbons (Fsp3) is 0.278. The molecule has 2 aromatic rings. The third-order valence-electron chi connectivity index (χ3n) is 3.54. The van der Waals surface area contributed by atoms with E-state index in [0.717, 1.165) is 18.9 Å². The van der Waals surface area contributed by atoms with Crippen molar-refractivity contribution in [1.29, 1.82) is 0 Å². The number of rotatable bonds is 4. The van der Waals surface area contributed by atoms with E-state index in [1.54, 1.807) is 0 Å². The van der Waals surface area contributed by atoms with Gasteiger partial charge in [-0.3, -0.25) is 4.99 Å². The smallest absolute Gasteiger partial charge is 0.0938 e. The third kappa shape index (κ3) is 3.95. The highest BCUT2D eigenvalue weighted by molar-refractivity contribution is 5.79. The predicted molar refractivity (Wildman–Crippen MR) is 86.0 cm³/mol. The molecule has 2 nitrogen and oxygen atoms in total. The molecule has 0 saturated carbocycles. The molecule has 0 bridgehead atoms. The molecule has 104 valence electrons. The van der Waals surface area contributed by atoms with E-state index in [1.807, 2.05) is 6.92 Å². The standard InChI is InChI=1S/C18H22N2/c1-14-8-4-6-10-17(14)12-19-16(3)20-13-18-11-7-5-9-15(18)2/h4-11H,12-13H2,1-3H3,(H,19,20). The maximum absolute atomic E-state index is 4.61. The van der Waals surface area contributed by atoms with Gasteiger partial charge in [-0.15, -0.1) is 0 Å². The van der Waals surface area contributed by atoms with Crippen LogP contribution in [0.15, 0.2) is 53.5 Å². The lowest BCUT2D eigenvalue weighted by Gasteiger charge is -2.09. The Morgan fingerprint density at radius 3 is 2.05 bits per heavy atom. The van der Waals surface area contributed by atoms with Crippen molar-refractivity contribution in [1.82, 2.24) is 5.32 Å². The molecule has 0 amide bonds. The Morgan fingerprint density at radius 2 is 1.45 bits per heavy atom. The van der Waals surface area contributed by atoms with Crippen LogP contribution in [0.2, 0.25) is 0 Å². The lowest BCUT2D eigenvalue weighted by Crippen LogP contribution is -2.20. The third-order valence-corrected chi connectivity index (χ3v) is 3.54. The van der Waals surface area contributed by atoms with E-state index in [1.165, 1.54) is 22.3 Å². The second kappa shape index (κ2) is 6.90. The number of nitrogens with zero attached hydrogens (tertiary/aromatic N) is 1. The first kappa shape index (κ1) is 14.3. The van der Waals surface area contributed by atoms with E-state index in [9.17, 15) is 0 Å². The van der Waals surface area contributed by atoms with Crippen molar-refractivity contribution in [3.05, 3.63) is 70.8 Å². The lowest BCUT2D eigenvalue weighted by atomic mass is 10.1. The Balaban J connectivity index is 1.92. The molecule has 0 spiro atoms. The molecule has 0 aromatic heterocycles. The van der Waals surface area contributed by atoms with Crippen LogP contribution in [0.5, 0.6) is 0 Å². The number of hydrogen-bond acceptors (Lipinski definition) is 1. The molecule has 0 radical (unpaired) electrons. The van der Waals surface area contributed by atoms with Crippen molar-refractivity contribution in [3.8, 4) is 0 Å². The fourth-order valence-corrected chi connectivity index (χ4v) is 2.08. The number of hydrogen-bond donors (Lipinski definition) is 1. The zero-order valence-corrected chi connectivity index (χ0v) is 12.5. The number of aryl methyl sites for hydroxylation is 2. The highest BCUT2D eigenvalue weighted by Gasteiger charge is 1.98. The summed E-state index contributed by atoms with van der Waals surface area (Å²) in [5, 5.41) is 3.38. The Bertz CT molecular complexity index is 600. The van der Waals surface area contributed by atoms with E-state index >= 15 is 0 Å². The van der Waals surface area contributed by atoms with Crippen LogP contribution >= 0.6 is 0 Å². The van der Waals surface area contributed by atoms with Gasteiger partial charge in [-0.1, -0.05) is 48.5 Å². The summed E-state index contributed by atoms with van der Waals surface area (Å²) in [6.07, 6.45) is 0. The first-order valence-electron chi connectivity index (χ1n) is 7.01. The normalized spacial score (nSPS) is 11.4. The van der Waals surface area contributed by atoms with Gasteiger partial charge in [-0.05, 0) is 43.0 Å². The van der Waals surface area contributed by atoms with E-state index in [-0.39, 0.29) is 0 Å². The van der Waals surface area contributed by atoms with Crippen LogP contribution in [-0.2, 0) is 13.1 Å². The average molecular weight is 266 g/mol. The average Bonchev–Trinajstić information content (AvgIpc) is 2.45. The molecule has 0 unspecified atom stereocenters. The molecule has 0 fully saturated rings. The highest BCUT2D eigenvalue weighted by Crippen LogP contribution is 2.08. The predicted octanol–water partition coefficient (Wildman–Crippen LogP) is 4.01. The number of nitrogens with one attached hydrogen (secondary N) is 1. The molecule has 1 N–H and O–H groups in total. The number of benzene rings is 2. The molecule has 0 aliphatic carbocycles. The summed E-state index contributed by atoms with van der Waals surface area (Å²) in [6, 6.07) is 16.8. The van der Waals surface area contributed by atoms with Crippen LogP contribution in [-0.4, -0.2) is 5.84 Å². The Morgan fingerprint density at radius 1 is 0.900 bits per heavy atom. The minimum Gasteiger partial charge on any atom is -0.370 e. The van der Waals surface area contributed by atoms with Gasteiger partial charge in [0.05, 0.1) is 12.4 Å². The second-order valence-corrected chi connectivity index (χ2v) is 5.11. The molecule has 0 aliphatic rings. The van der Waals surface area contributed by atoms with Crippen molar-refractivity contribution in [2.24, 2.45) is 4.99 Å². The Labute approximate surface area is 121 Å². The van der Waals surface area contributed by atoms with E-state index in [4.69, 9.17) is 0 Å². The monoisotopic (exact) mass is 266 g/mol. The fourth-order valence-electron chi connectivity index (χ4n) is 2.08. The lowest BCUT2D eigenvalue weighted by molar-refractivity contribution is 0.882. The summed E-state index contributed by atoms with van der Waals surface area (Å²) in [6.45, 7) is 7.85. The highest BCUT2D eigenvalue weighted by atomic mass is 15.0. The Kier molecular flexibility index (Phi) is 4.94. The topological polar surface area (TPSA) is 24.4 Å². The second-order valence-electron chi connectivity index (χ2n) is 5.11. The summed E-state index contributed by atoms with van der Waals surface area (Å²) in [5.41, 5.74) is 5.21. The van der Waals surface area contributed by atoms with Crippen LogP contribution in [0.25, 0.3) is 0 Å². The van der Waals surface area contributed by atoms with Gasteiger partial charge in [0.15, 0.2) is 0 Å². The first-order valence-corrected chi connectivity index (χ1v) is 7.01. The maximum atomic E-state index is 4.61. The molecule has 2 rings (SSSR count). The van der Waals surface area contributed by atoms with Crippen LogP contribution in [0, 0.1) is 13.8 Å². The van der Waals surface area contributed by atoms with Crippen molar-refractivity contribution >= 4 is 5.84 Å². The maximum Gasteiger partial charge on any atom is 0.0938 e. The summed E-state index contributed by atoms with van der Waals surface area (Å²) in [5.74, 6) is 0.983. The van der Waals surface area contributed by atoms with Gasteiger partial charge in [0.2, 0.25) is 0 Å². The number of amidine groups is 1. The van der Waals surface area contributed by atoms with Gasteiger partial charge in [-0.25, -0.2) is 0 Å². The van der Waals surface area contributed by atoms with Crippen molar-refractivity contribution < 1.29 is 0 Å². The van der Waals surface area contributed by atoms with Crippen LogP contribution in [0.1, 0.15) is 29.2 Å². The van der Waals surface area contributed by atoms with Gasteiger partial charge in [0, 0.05) is 6.54 Å². The molecule has 0 saturated heterocycles. The van der Waals surface area contributed by atoms with Gasteiger partial charge < -0.3 is 5.32 Å². The minimum atomic E-state index is 0.735. The molecular formula is C18H22N2. The van der Waals surface area contributed by atoms with Crippen molar-refractivity contribution in [3.63, 3.8) is 0 Å². The molecule has 2 aromatic carbocycles. The zero-order chi connectivity index (χ0) is 14.4. The van der Waals surface area contributed by atoms with Gasteiger partial charge in [-0.2, -0.15) is 0 Å². The summed E-state index contributed by atoms with van der Waals surface area (Å²) < 4.78 is 0. The van der Waals surface area contributed by atoms with Crippen molar-refractivity contribution in [2.75, 3.05) is 0 Å². The van der Waals surface area contributed by atoms with Crippen LogP contribution in [0.4, 0.5) is 0 Å². The summed E-state index contributed by atoms with van der Waals surface area (Å²) in [7, 11) is 0. The van der Waals surface area contributed by atoms with E-state index < -0.39 is 0 Å². The SMILES string of the molecule is CC(=NCc1ccccc1C)NCc1ccccc1C. The van der Waals surface area contributed by atoms with Gasteiger partial charge >= 0.3 is 0 Å². The van der Waals surface area contributed by atoms with Gasteiger partial charge in [0.1, 0.15) is 0 Å². The zero-order valence-electron chi connectivity index (χ0n) is 12.5. The number of aliphatic imine (C=N–C) groups is 1. The minimum absolute atomic E-state index is 0.735. The molecule has 0 atom stereocenters. The molecule has 2 heteroatoms. The van der Waals surface area contributed by atoms with Crippen LogP contribution < -0.4 is 5.32 Å². The molecule has 0 aliphatic heterocycles. The van der Waals surface area contributed by atoms with E-state index in [2.05, 4.69) is 72.7 Å². The molecule has 20 heavy (non-hydrogen) atoms. The van der Waals surface area contributed by atoms with Gasteiger partial charge in [0.25, 0.3) is 0 Å². The van der Waals surface area contributed by atoms with E-state index in [0.29, 0.717) is 0 Å². The molecule has 0 heterocycles. The Hall–Kier alpha value is -2.09. The first-order chi connectivity index (χ1) is 9.66. The molecular weight excluding hydrogens is 244 g/mol. The van der Waals surface area contributed by atoms with Crippen molar-refractivity contribution in [2.45, 2.75) is 33.9 Å². The summed E-state index contributed by atoms with van der Waals surface area (Å²) >= 11 is 0. The largest absolute Gasteiger partial charge is 0.370 e. The summed E-state index contributed by atoms with van der Waals surface area (Å²) in [4.78, 5) is 4.61. The quantitative estimate of drug-likeness (QED) is 0.656. The van der Waals surface area contributed by atoms with Crippen LogP contribution in [0.3, 0.4) is 0 Å².